The average molecular weight is 404 g/mol. The van der Waals surface area contributed by atoms with Gasteiger partial charge in [-0.15, -0.1) is 16.4 Å². The normalized spacial score (nSPS) is 17.3. The van der Waals surface area contributed by atoms with Crippen LogP contribution in [0.4, 0.5) is 0 Å². The molecule has 1 atom stereocenters. The molecule has 0 spiro atoms. The van der Waals surface area contributed by atoms with Gasteiger partial charge in [-0.3, -0.25) is 4.90 Å². The van der Waals surface area contributed by atoms with Crippen molar-refractivity contribution >= 4 is 23.6 Å². The second kappa shape index (κ2) is 7.84. The molecule has 1 aromatic carbocycles. The number of hydrogen-bond donors (Lipinski definition) is 0. The predicted molar refractivity (Wildman–Crippen MR) is 107 cm³/mol. The van der Waals surface area contributed by atoms with Crippen molar-refractivity contribution in [1.82, 2.24) is 14.7 Å². The summed E-state index contributed by atoms with van der Waals surface area (Å²) in [5.41, 5.74) is 0.749. The van der Waals surface area contributed by atoms with Crippen molar-refractivity contribution < 1.29 is 13.9 Å². The zero-order valence-electron chi connectivity index (χ0n) is 15.3. The van der Waals surface area contributed by atoms with Crippen LogP contribution in [0.15, 0.2) is 40.1 Å². The van der Waals surface area contributed by atoms with E-state index in [9.17, 15) is 0 Å². The van der Waals surface area contributed by atoms with Crippen molar-refractivity contribution in [2.24, 2.45) is 0 Å². The largest absolute Gasteiger partial charge is 0.497 e. The van der Waals surface area contributed by atoms with Crippen LogP contribution in [-0.2, 0) is 6.67 Å². The molecule has 0 bridgehead atoms. The van der Waals surface area contributed by atoms with Gasteiger partial charge in [-0.1, -0.05) is 6.07 Å². The van der Waals surface area contributed by atoms with Crippen molar-refractivity contribution in [2.75, 3.05) is 20.8 Å². The molecule has 2 aromatic heterocycles. The fourth-order valence-corrected chi connectivity index (χ4v) is 4.52. The Kier molecular flexibility index (Phi) is 5.29. The Morgan fingerprint density at radius 3 is 2.93 bits per heavy atom. The van der Waals surface area contributed by atoms with Gasteiger partial charge >= 0.3 is 0 Å². The predicted octanol–water partition coefficient (Wildman–Crippen LogP) is 4.75. The standard InChI is InChI=1S/C19H21N3O3S2/c1-23-13-7-8-14(16(11-13)24-2)18-20-22(19(26)25-18)12-21-9-3-5-15(21)17-6-4-10-27-17/h4,6-8,10-11,15H,3,5,9,12H2,1-2H3/t15-/m1/s1. The van der Waals surface area contributed by atoms with Gasteiger partial charge < -0.3 is 13.9 Å². The highest BCUT2D eigenvalue weighted by atomic mass is 32.1. The number of likely N-dealkylation sites (tertiary alicyclic amines) is 1. The van der Waals surface area contributed by atoms with Crippen molar-refractivity contribution in [3.05, 3.63) is 45.4 Å². The van der Waals surface area contributed by atoms with Crippen LogP contribution in [0.5, 0.6) is 11.5 Å². The number of benzene rings is 1. The summed E-state index contributed by atoms with van der Waals surface area (Å²) < 4.78 is 18.2. The molecule has 0 aliphatic carbocycles. The molecule has 1 saturated heterocycles. The first kappa shape index (κ1) is 18.2. The smallest absolute Gasteiger partial charge is 0.288 e. The maximum absolute atomic E-state index is 5.77. The lowest BCUT2D eigenvalue weighted by atomic mass is 10.2. The molecule has 6 nitrogen and oxygen atoms in total. The molecule has 1 aliphatic heterocycles. The maximum atomic E-state index is 5.77. The van der Waals surface area contributed by atoms with E-state index in [4.69, 9.17) is 26.1 Å². The molecule has 0 amide bonds. The van der Waals surface area contributed by atoms with Crippen LogP contribution in [0.25, 0.3) is 11.5 Å². The Morgan fingerprint density at radius 1 is 1.30 bits per heavy atom. The second-order valence-electron chi connectivity index (χ2n) is 6.37. The lowest BCUT2D eigenvalue weighted by molar-refractivity contribution is 0.190. The Morgan fingerprint density at radius 2 is 2.19 bits per heavy atom. The van der Waals surface area contributed by atoms with Gasteiger partial charge in [0.15, 0.2) is 0 Å². The second-order valence-corrected chi connectivity index (χ2v) is 7.69. The first-order valence-electron chi connectivity index (χ1n) is 8.77. The molecule has 3 aromatic rings. The van der Waals surface area contributed by atoms with E-state index in [-0.39, 0.29) is 0 Å². The number of methoxy groups -OCH3 is 2. The number of hydrogen-bond acceptors (Lipinski definition) is 7. The van der Waals surface area contributed by atoms with Gasteiger partial charge in [0, 0.05) is 23.5 Å². The summed E-state index contributed by atoms with van der Waals surface area (Å²) in [6, 6.07) is 10.2. The summed E-state index contributed by atoms with van der Waals surface area (Å²) in [6.45, 7) is 1.64. The molecule has 0 radical (unpaired) electrons. The van der Waals surface area contributed by atoms with Gasteiger partial charge in [0.1, 0.15) is 11.5 Å². The zero-order chi connectivity index (χ0) is 18.8. The Hall–Kier alpha value is -2.16. The number of rotatable bonds is 6. The average Bonchev–Trinajstić information content (AvgIpc) is 3.43. The van der Waals surface area contributed by atoms with Gasteiger partial charge in [-0.25, -0.2) is 4.68 Å². The van der Waals surface area contributed by atoms with Crippen LogP contribution in [0, 0.1) is 4.84 Å². The SMILES string of the molecule is COc1ccc(-c2nn(CN3CCC[C@@H]3c3cccs3)c(=S)o2)c(OC)c1. The van der Waals surface area contributed by atoms with Gasteiger partial charge in [0.2, 0.25) is 0 Å². The summed E-state index contributed by atoms with van der Waals surface area (Å²) in [5.74, 6) is 1.80. The molecular weight excluding hydrogens is 382 g/mol. The fraction of sp³-hybridized carbons (Fsp3) is 0.368. The van der Waals surface area contributed by atoms with E-state index >= 15 is 0 Å². The molecule has 8 heteroatoms. The fourth-order valence-electron chi connectivity index (χ4n) is 3.45. The molecule has 0 N–H and O–H groups in total. The molecule has 3 heterocycles. The highest BCUT2D eigenvalue weighted by Gasteiger charge is 2.27. The highest BCUT2D eigenvalue weighted by Crippen LogP contribution is 2.36. The first-order valence-corrected chi connectivity index (χ1v) is 10.1. The molecule has 1 fully saturated rings. The number of nitrogens with zero attached hydrogens (tertiary/aromatic N) is 3. The van der Waals surface area contributed by atoms with Gasteiger partial charge in [-0.2, -0.15) is 0 Å². The van der Waals surface area contributed by atoms with Crippen LogP contribution >= 0.6 is 23.6 Å². The summed E-state index contributed by atoms with van der Waals surface area (Å²) in [5, 5.41) is 6.74. The third-order valence-electron chi connectivity index (χ3n) is 4.80. The molecule has 27 heavy (non-hydrogen) atoms. The minimum Gasteiger partial charge on any atom is -0.497 e. The van der Waals surface area contributed by atoms with Crippen LogP contribution in [0.1, 0.15) is 23.8 Å². The number of ether oxygens (including phenoxy) is 2. The van der Waals surface area contributed by atoms with Crippen LogP contribution in [-0.4, -0.2) is 35.4 Å². The third kappa shape index (κ3) is 3.65. The van der Waals surface area contributed by atoms with Crippen molar-refractivity contribution in [3.8, 4) is 23.0 Å². The van der Waals surface area contributed by atoms with Crippen LogP contribution < -0.4 is 9.47 Å². The first-order chi connectivity index (χ1) is 13.2. The van der Waals surface area contributed by atoms with E-state index in [2.05, 4.69) is 27.5 Å². The Balaban J connectivity index is 1.60. The van der Waals surface area contributed by atoms with Crippen molar-refractivity contribution in [3.63, 3.8) is 0 Å². The van der Waals surface area contributed by atoms with Crippen molar-refractivity contribution in [2.45, 2.75) is 25.6 Å². The maximum Gasteiger partial charge on any atom is 0.288 e. The number of thiophene rings is 1. The van der Waals surface area contributed by atoms with E-state index in [0.29, 0.717) is 34.9 Å². The summed E-state index contributed by atoms with van der Waals surface area (Å²) >= 11 is 7.22. The lowest BCUT2D eigenvalue weighted by Gasteiger charge is -2.22. The highest BCUT2D eigenvalue weighted by molar-refractivity contribution is 7.71. The van der Waals surface area contributed by atoms with E-state index in [1.165, 1.54) is 11.3 Å². The topological polar surface area (TPSA) is 52.7 Å². The Bertz CT molecular complexity index is 965. The molecule has 1 aliphatic rings. The van der Waals surface area contributed by atoms with E-state index in [0.717, 1.165) is 18.5 Å². The molecule has 0 unspecified atom stereocenters. The summed E-state index contributed by atoms with van der Waals surface area (Å²) in [7, 11) is 3.23. The third-order valence-corrected chi connectivity index (χ3v) is 6.06. The van der Waals surface area contributed by atoms with E-state index in [1.807, 2.05) is 12.1 Å². The monoisotopic (exact) mass is 403 g/mol. The lowest BCUT2D eigenvalue weighted by Crippen LogP contribution is -2.26. The quantitative estimate of drug-likeness (QED) is 0.554. The molecule has 4 rings (SSSR count). The minimum absolute atomic E-state index is 0.361. The summed E-state index contributed by atoms with van der Waals surface area (Å²) in [6.07, 6.45) is 2.33. The zero-order valence-corrected chi connectivity index (χ0v) is 16.9. The van der Waals surface area contributed by atoms with E-state index < -0.39 is 0 Å². The molecular formula is C19H21N3O3S2. The van der Waals surface area contributed by atoms with Gasteiger partial charge in [0.05, 0.1) is 26.5 Å². The van der Waals surface area contributed by atoms with E-state index in [1.54, 1.807) is 36.3 Å². The van der Waals surface area contributed by atoms with Gasteiger partial charge in [0.25, 0.3) is 10.7 Å². The van der Waals surface area contributed by atoms with Crippen LogP contribution in [0.2, 0.25) is 0 Å². The Labute approximate surface area is 166 Å². The minimum atomic E-state index is 0.361. The molecule has 142 valence electrons. The summed E-state index contributed by atoms with van der Waals surface area (Å²) in [4.78, 5) is 4.15. The molecule has 0 saturated carbocycles. The number of aromatic nitrogens is 2. The van der Waals surface area contributed by atoms with Gasteiger partial charge in [-0.05, 0) is 48.6 Å². The van der Waals surface area contributed by atoms with Crippen LogP contribution in [0.3, 0.4) is 0 Å². The van der Waals surface area contributed by atoms with Crippen molar-refractivity contribution in [1.29, 1.82) is 0 Å².